The first-order valence-corrected chi connectivity index (χ1v) is 9.45. The fraction of sp³-hybridized carbons (Fsp3) is 0.400. The Labute approximate surface area is 143 Å². The average Bonchev–Trinajstić information content (AvgIpc) is 2.59. The molecular formula is C20H24N2S. The highest BCUT2D eigenvalue weighted by atomic mass is 32.2. The fourth-order valence-corrected chi connectivity index (χ4v) is 4.86. The van der Waals surface area contributed by atoms with Crippen LogP contribution in [-0.2, 0) is 0 Å². The number of nitrogens with zero attached hydrogens (tertiary/aromatic N) is 2. The molecule has 2 aliphatic rings. The minimum atomic E-state index is 0.605. The molecule has 3 heteroatoms. The Hall–Kier alpha value is -1.45. The van der Waals surface area contributed by atoms with Crippen LogP contribution in [0, 0.1) is 0 Å². The molecule has 1 fully saturated rings. The zero-order chi connectivity index (χ0) is 15.8. The lowest BCUT2D eigenvalue weighted by atomic mass is 10.00. The maximum absolute atomic E-state index is 2.61. The van der Waals surface area contributed by atoms with Crippen molar-refractivity contribution in [2.45, 2.75) is 48.6 Å². The lowest BCUT2D eigenvalue weighted by molar-refractivity contribution is 0.172. The number of fused-ring (bicyclic) bond motifs is 2. The minimum absolute atomic E-state index is 0.605. The predicted octanol–water partition coefficient (Wildman–Crippen LogP) is 5.16. The van der Waals surface area contributed by atoms with Gasteiger partial charge in [0.15, 0.2) is 0 Å². The van der Waals surface area contributed by atoms with E-state index in [4.69, 9.17) is 0 Å². The van der Waals surface area contributed by atoms with Gasteiger partial charge in [0.25, 0.3) is 0 Å². The monoisotopic (exact) mass is 324 g/mol. The molecule has 2 heterocycles. The van der Waals surface area contributed by atoms with E-state index in [1.807, 2.05) is 11.8 Å². The summed E-state index contributed by atoms with van der Waals surface area (Å²) in [6, 6.07) is 19.0. The summed E-state index contributed by atoms with van der Waals surface area (Å²) in [6.07, 6.45) is 2.48. The van der Waals surface area contributed by atoms with Crippen molar-refractivity contribution >= 4 is 23.1 Å². The average molecular weight is 324 g/mol. The maximum atomic E-state index is 2.61. The highest BCUT2D eigenvalue weighted by Gasteiger charge is 2.31. The molecule has 2 aliphatic heterocycles. The van der Waals surface area contributed by atoms with Crippen LogP contribution < -0.4 is 4.90 Å². The minimum Gasteiger partial charge on any atom is -0.336 e. The van der Waals surface area contributed by atoms with Gasteiger partial charge in [0.05, 0.1) is 11.4 Å². The zero-order valence-corrected chi connectivity index (χ0v) is 14.7. The molecule has 0 aliphatic carbocycles. The van der Waals surface area contributed by atoms with E-state index in [0.29, 0.717) is 12.1 Å². The maximum Gasteiger partial charge on any atom is 0.0555 e. The van der Waals surface area contributed by atoms with Gasteiger partial charge >= 0.3 is 0 Å². The number of rotatable bonds is 2. The molecular weight excluding hydrogens is 300 g/mol. The highest BCUT2D eigenvalue weighted by Crippen LogP contribution is 2.49. The summed E-state index contributed by atoms with van der Waals surface area (Å²) < 4.78 is 0. The first kappa shape index (κ1) is 15.1. The smallest absolute Gasteiger partial charge is 0.0555 e. The molecule has 0 radical (unpaired) electrons. The van der Waals surface area contributed by atoms with Gasteiger partial charge in [0.1, 0.15) is 0 Å². The van der Waals surface area contributed by atoms with Gasteiger partial charge in [0, 0.05) is 35.0 Å². The second-order valence-corrected chi connectivity index (χ2v) is 7.85. The van der Waals surface area contributed by atoms with Gasteiger partial charge < -0.3 is 9.80 Å². The van der Waals surface area contributed by atoms with E-state index < -0.39 is 0 Å². The van der Waals surface area contributed by atoms with Crippen molar-refractivity contribution < 1.29 is 0 Å². The van der Waals surface area contributed by atoms with E-state index in [2.05, 4.69) is 72.2 Å². The Balaban J connectivity index is 1.68. The van der Waals surface area contributed by atoms with Crippen molar-refractivity contribution in [1.82, 2.24) is 4.90 Å². The Kier molecular flexibility index (Phi) is 4.08. The molecule has 0 unspecified atom stereocenters. The second kappa shape index (κ2) is 6.21. The Morgan fingerprint density at radius 1 is 0.870 bits per heavy atom. The molecule has 4 rings (SSSR count). The van der Waals surface area contributed by atoms with Crippen molar-refractivity contribution in [3.8, 4) is 0 Å². The van der Waals surface area contributed by atoms with Crippen molar-refractivity contribution in [3.05, 3.63) is 48.5 Å². The molecule has 2 aromatic rings. The topological polar surface area (TPSA) is 6.48 Å². The van der Waals surface area contributed by atoms with E-state index in [0.717, 1.165) is 0 Å². The van der Waals surface area contributed by atoms with Gasteiger partial charge in [-0.3, -0.25) is 0 Å². The van der Waals surface area contributed by atoms with E-state index in [1.165, 1.54) is 47.1 Å². The summed E-state index contributed by atoms with van der Waals surface area (Å²) in [5, 5.41) is 0. The third-order valence-corrected chi connectivity index (χ3v) is 6.19. The van der Waals surface area contributed by atoms with Gasteiger partial charge in [0.2, 0.25) is 0 Å². The highest BCUT2D eigenvalue weighted by molar-refractivity contribution is 7.99. The van der Waals surface area contributed by atoms with Crippen LogP contribution in [0.15, 0.2) is 58.3 Å². The summed E-state index contributed by atoms with van der Waals surface area (Å²) in [6.45, 7) is 7.03. The SMILES string of the molecule is CC(C)N1CCC(N2c3ccccc3Sc3ccccc32)CC1. The van der Waals surface area contributed by atoms with Crippen LogP contribution in [0.5, 0.6) is 0 Å². The molecule has 0 amide bonds. The molecule has 120 valence electrons. The number of likely N-dealkylation sites (tertiary alicyclic amines) is 1. The second-order valence-electron chi connectivity index (χ2n) is 6.77. The molecule has 0 atom stereocenters. The number of para-hydroxylation sites is 2. The summed E-state index contributed by atoms with van der Waals surface area (Å²) in [4.78, 5) is 7.99. The summed E-state index contributed by atoms with van der Waals surface area (Å²) >= 11 is 1.90. The molecule has 1 saturated heterocycles. The number of hydrogen-bond acceptors (Lipinski definition) is 3. The number of anilines is 2. The molecule has 0 aromatic heterocycles. The number of piperidine rings is 1. The molecule has 23 heavy (non-hydrogen) atoms. The van der Waals surface area contributed by atoms with E-state index in [9.17, 15) is 0 Å². The number of benzene rings is 2. The molecule has 0 saturated carbocycles. The van der Waals surface area contributed by atoms with Crippen LogP contribution in [0.25, 0.3) is 0 Å². The first-order chi connectivity index (χ1) is 11.2. The Bertz CT molecular complexity index is 644. The zero-order valence-electron chi connectivity index (χ0n) is 13.9. The lowest BCUT2D eigenvalue weighted by Crippen LogP contribution is -2.46. The predicted molar refractivity (Wildman–Crippen MR) is 98.9 cm³/mol. The van der Waals surface area contributed by atoms with Gasteiger partial charge in [-0.05, 0) is 51.0 Å². The summed E-state index contributed by atoms with van der Waals surface area (Å²) in [5.41, 5.74) is 2.78. The Morgan fingerprint density at radius 3 is 1.91 bits per heavy atom. The largest absolute Gasteiger partial charge is 0.336 e. The van der Waals surface area contributed by atoms with Crippen LogP contribution in [0.4, 0.5) is 11.4 Å². The van der Waals surface area contributed by atoms with Crippen molar-refractivity contribution in [1.29, 1.82) is 0 Å². The standard InChI is InChI=1S/C20H24N2S/c1-15(2)21-13-11-16(12-14-21)22-17-7-3-5-9-19(17)23-20-10-6-4-8-18(20)22/h3-10,15-16H,11-14H2,1-2H3. The van der Waals surface area contributed by atoms with Crippen molar-refractivity contribution in [2.24, 2.45) is 0 Å². The third kappa shape index (κ3) is 2.77. The lowest BCUT2D eigenvalue weighted by Gasteiger charge is -2.43. The van der Waals surface area contributed by atoms with Gasteiger partial charge in [-0.2, -0.15) is 0 Å². The first-order valence-electron chi connectivity index (χ1n) is 8.63. The van der Waals surface area contributed by atoms with E-state index in [1.54, 1.807) is 0 Å². The molecule has 0 bridgehead atoms. The molecule has 2 aromatic carbocycles. The summed E-state index contributed by atoms with van der Waals surface area (Å²) in [7, 11) is 0. The van der Waals surface area contributed by atoms with Crippen molar-refractivity contribution in [3.63, 3.8) is 0 Å². The van der Waals surface area contributed by atoms with Crippen LogP contribution in [-0.4, -0.2) is 30.1 Å². The summed E-state index contributed by atoms with van der Waals surface area (Å²) in [5.74, 6) is 0. The van der Waals surface area contributed by atoms with Gasteiger partial charge in [-0.15, -0.1) is 0 Å². The van der Waals surface area contributed by atoms with Crippen LogP contribution >= 0.6 is 11.8 Å². The van der Waals surface area contributed by atoms with Crippen LogP contribution in [0.2, 0.25) is 0 Å². The van der Waals surface area contributed by atoms with Crippen molar-refractivity contribution in [2.75, 3.05) is 18.0 Å². The molecule has 0 N–H and O–H groups in total. The van der Waals surface area contributed by atoms with Crippen LogP contribution in [0.1, 0.15) is 26.7 Å². The molecule has 2 nitrogen and oxygen atoms in total. The normalized spacial score (nSPS) is 18.8. The Morgan fingerprint density at radius 2 is 1.39 bits per heavy atom. The van der Waals surface area contributed by atoms with E-state index in [-0.39, 0.29) is 0 Å². The van der Waals surface area contributed by atoms with E-state index >= 15 is 0 Å². The quantitative estimate of drug-likeness (QED) is 0.753. The van der Waals surface area contributed by atoms with Gasteiger partial charge in [-0.25, -0.2) is 0 Å². The fourth-order valence-electron chi connectivity index (χ4n) is 3.79. The number of hydrogen-bond donors (Lipinski definition) is 0. The van der Waals surface area contributed by atoms with Gasteiger partial charge in [-0.1, -0.05) is 36.0 Å². The third-order valence-electron chi connectivity index (χ3n) is 5.06. The van der Waals surface area contributed by atoms with Crippen LogP contribution in [0.3, 0.4) is 0 Å². The molecule has 0 spiro atoms.